The molecule has 0 atom stereocenters. The van der Waals surface area contributed by atoms with Crippen LogP contribution in [-0.2, 0) is 0 Å². The first kappa shape index (κ1) is 22.6. The van der Waals surface area contributed by atoms with E-state index in [1.54, 1.807) is 7.11 Å². The first-order chi connectivity index (χ1) is 16.7. The number of nitrogens with zero attached hydrogens (tertiary/aromatic N) is 1. The molecule has 1 aliphatic heterocycles. The fourth-order valence-electron chi connectivity index (χ4n) is 5.24. The van der Waals surface area contributed by atoms with Gasteiger partial charge in [-0.1, -0.05) is 55.0 Å². The van der Waals surface area contributed by atoms with Gasteiger partial charge in [0.2, 0.25) is 0 Å². The molecule has 2 aliphatic rings. The number of unbranched alkanes of at least 4 members (excludes halogenated alkanes) is 1. The predicted octanol–water partition coefficient (Wildman–Crippen LogP) is 7.10. The van der Waals surface area contributed by atoms with Crippen LogP contribution in [0.5, 0.6) is 5.75 Å². The van der Waals surface area contributed by atoms with Gasteiger partial charge in [0.15, 0.2) is 5.78 Å². The average Bonchev–Trinajstić information content (AvgIpc) is 3.20. The van der Waals surface area contributed by atoms with Crippen molar-refractivity contribution in [3.05, 3.63) is 89.0 Å². The summed E-state index contributed by atoms with van der Waals surface area (Å²) in [5, 5.41) is 0. The SMILES string of the molecule is COc1ccc(/C=C2\c3ccccc3-c3ccc(C(=O)CCCCN4CCCCC4)cc32)cc1. The highest BCUT2D eigenvalue weighted by molar-refractivity contribution is 6.08. The number of likely N-dealkylation sites (tertiary alicyclic amines) is 1. The lowest BCUT2D eigenvalue weighted by atomic mass is 9.96. The molecule has 34 heavy (non-hydrogen) atoms. The van der Waals surface area contributed by atoms with E-state index in [0.29, 0.717) is 6.42 Å². The van der Waals surface area contributed by atoms with E-state index in [2.05, 4.69) is 59.5 Å². The number of carbonyl (C=O) groups excluding carboxylic acids is 1. The van der Waals surface area contributed by atoms with Gasteiger partial charge in [-0.05, 0) is 103 Å². The number of rotatable bonds is 8. The Morgan fingerprint density at radius 2 is 1.59 bits per heavy atom. The van der Waals surface area contributed by atoms with E-state index >= 15 is 0 Å². The molecule has 1 fully saturated rings. The van der Waals surface area contributed by atoms with Crippen LogP contribution in [0, 0.1) is 0 Å². The zero-order valence-corrected chi connectivity index (χ0v) is 20.1. The number of methoxy groups -OCH3 is 1. The van der Waals surface area contributed by atoms with Gasteiger partial charge in [0.1, 0.15) is 5.75 Å². The summed E-state index contributed by atoms with van der Waals surface area (Å²) in [6.45, 7) is 3.58. The molecule has 1 aliphatic carbocycles. The normalized spacial score (nSPS) is 16.3. The van der Waals surface area contributed by atoms with Crippen molar-refractivity contribution in [2.45, 2.75) is 38.5 Å². The molecule has 3 aromatic carbocycles. The second kappa shape index (κ2) is 10.4. The minimum Gasteiger partial charge on any atom is -0.497 e. The maximum absolute atomic E-state index is 13.1. The average molecular weight is 452 g/mol. The van der Waals surface area contributed by atoms with Gasteiger partial charge in [-0.2, -0.15) is 0 Å². The predicted molar refractivity (Wildman–Crippen MR) is 140 cm³/mol. The molecule has 0 N–H and O–H groups in total. The molecule has 174 valence electrons. The number of hydrogen-bond acceptors (Lipinski definition) is 3. The van der Waals surface area contributed by atoms with Crippen molar-refractivity contribution in [3.8, 4) is 16.9 Å². The first-order valence-corrected chi connectivity index (χ1v) is 12.6. The van der Waals surface area contributed by atoms with Gasteiger partial charge < -0.3 is 9.64 Å². The lowest BCUT2D eigenvalue weighted by Gasteiger charge is -2.26. The van der Waals surface area contributed by atoms with E-state index in [1.807, 2.05) is 18.2 Å². The van der Waals surface area contributed by atoms with Crippen molar-refractivity contribution in [1.82, 2.24) is 4.90 Å². The Hall–Kier alpha value is -3.17. The van der Waals surface area contributed by atoms with E-state index in [1.165, 1.54) is 54.6 Å². The van der Waals surface area contributed by atoms with Crippen LogP contribution in [-0.4, -0.2) is 37.4 Å². The second-order valence-corrected chi connectivity index (χ2v) is 9.42. The minimum atomic E-state index is 0.251. The number of hydrogen-bond donors (Lipinski definition) is 0. The molecule has 0 unspecified atom stereocenters. The highest BCUT2D eigenvalue weighted by Crippen LogP contribution is 2.45. The molecule has 5 rings (SSSR count). The third-order valence-electron chi connectivity index (χ3n) is 7.14. The smallest absolute Gasteiger partial charge is 0.162 e. The Morgan fingerprint density at radius 3 is 2.35 bits per heavy atom. The van der Waals surface area contributed by atoms with Crippen LogP contribution >= 0.6 is 0 Å². The van der Waals surface area contributed by atoms with E-state index in [-0.39, 0.29) is 5.78 Å². The quantitative estimate of drug-likeness (QED) is 0.211. The standard InChI is InChI=1S/C31H33NO2/c1-34-25-15-12-23(13-16-25)21-29-27-10-4-3-9-26(27)28-17-14-24(22-30(28)29)31(33)11-5-8-20-32-18-6-2-7-19-32/h3-4,9-10,12-17,21-22H,2,5-8,11,18-20H2,1H3/b29-21+. The summed E-state index contributed by atoms with van der Waals surface area (Å²) >= 11 is 0. The number of carbonyl (C=O) groups is 1. The summed E-state index contributed by atoms with van der Waals surface area (Å²) in [6, 6.07) is 22.9. The third-order valence-corrected chi connectivity index (χ3v) is 7.14. The molecule has 0 aromatic heterocycles. The largest absolute Gasteiger partial charge is 0.497 e. The van der Waals surface area contributed by atoms with Crippen molar-refractivity contribution < 1.29 is 9.53 Å². The molecular formula is C31H33NO2. The van der Waals surface area contributed by atoms with Gasteiger partial charge in [0.05, 0.1) is 7.11 Å². The summed E-state index contributed by atoms with van der Waals surface area (Å²) in [7, 11) is 1.68. The number of fused-ring (bicyclic) bond motifs is 3. The molecular weight excluding hydrogens is 418 g/mol. The fourth-order valence-corrected chi connectivity index (χ4v) is 5.24. The van der Waals surface area contributed by atoms with Crippen molar-refractivity contribution in [2.24, 2.45) is 0 Å². The Bertz CT molecular complexity index is 1190. The number of ketones is 1. The molecule has 0 spiro atoms. The Labute approximate surface area is 203 Å². The third kappa shape index (κ3) is 4.85. The maximum atomic E-state index is 13.1. The summed E-state index contributed by atoms with van der Waals surface area (Å²) in [5.74, 6) is 1.10. The van der Waals surface area contributed by atoms with Crippen molar-refractivity contribution in [3.63, 3.8) is 0 Å². The van der Waals surface area contributed by atoms with E-state index < -0.39 is 0 Å². The number of Topliss-reactive ketones (excluding diaryl/α,β-unsaturated/α-hetero) is 1. The lowest BCUT2D eigenvalue weighted by Crippen LogP contribution is -2.30. The van der Waals surface area contributed by atoms with Crippen LogP contribution in [0.2, 0.25) is 0 Å². The first-order valence-electron chi connectivity index (χ1n) is 12.6. The van der Waals surface area contributed by atoms with Crippen LogP contribution in [0.25, 0.3) is 22.8 Å². The zero-order chi connectivity index (χ0) is 23.3. The lowest BCUT2D eigenvalue weighted by molar-refractivity contribution is 0.0977. The van der Waals surface area contributed by atoms with E-state index in [9.17, 15) is 4.79 Å². The summed E-state index contributed by atoms with van der Waals surface area (Å²) in [5.41, 5.74) is 7.93. The Kier molecular flexibility index (Phi) is 6.92. The van der Waals surface area contributed by atoms with Crippen LogP contribution < -0.4 is 4.74 Å². The molecule has 3 nitrogen and oxygen atoms in total. The highest BCUT2D eigenvalue weighted by atomic mass is 16.5. The molecule has 1 saturated heterocycles. The van der Waals surface area contributed by atoms with Crippen molar-refractivity contribution in [2.75, 3.05) is 26.7 Å². The fraction of sp³-hybridized carbons (Fsp3) is 0.323. The molecule has 1 heterocycles. The molecule has 3 aromatic rings. The maximum Gasteiger partial charge on any atom is 0.162 e. The second-order valence-electron chi connectivity index (χ2n) is 9.42. The van der Waals surface area contributed by atoms with Crippen LogP contribution in [0.15, 0.2) is 66.7 Å². The van der Waals surface area contributed by atoms with Crippen LogP contribution in [0.3, 0.4) is 0 Å². The Morgan fingerprint density at radius 1 is 0.853 bits per heavy atom. The number of benzene rings is 3. The van der Waals surface area contributed by atoms with E-state index in [0.717, 1.165) is 41.8 Å². The molecule has 0 amide bonds. The minimum absolute atomic E-state index is 0.251. The molecule has 0 saturated carbocycles. The topological polar surface area (TPSA) is 29.5 Å². The van der Waals surface area contributed by atoms with Gasteiger partial charge in [-0.25, -0.2) is 0 Å². The highest BCUT2D eigenvalue weighted by Gasteiger charge is 2.24. The van der Waals surface area contributed by atoms with Gasteiger partial charge >= 0.3 is 0 Å². The summed E-state index contributed by atoms with van der Waals surface area (Å²) in [4.78, 5) is 15.6. The van der Waals surface area contributed by atoms with Gasteiger partial charge in [-0.3, -0.25) is 4.79 Å². The van der Waals surface area contributed by atoms with Crippen LogP contribution in [0.4, 0.5) is 0 Å². The Balaban J connectivity index is 1.34. The monoisotopic (exact) mass is 451 g/mol. The molecule has 3 heteroatoms. The van der Waals surface area contributed by atoms with Gasteiger partial charge in [0.25, 0.3) is 0 Å². The molecule has 0 bridgehead atoms. The van der Waals surface area contributed by atoms with Gasteiger partial charge in [0, 0.05) is 12.0 Å². The number of piperidine rings is 1. The van der Waals surface area contributed by atoms with Crippen LogP contribution in [0.1, 0.15) is 65.6 Å². The zero-order valence-electron chi connectivity index (χ0n) is 20.1. The summed E-state index contributed by atoms with van der Waals surface area (Å²) in [6.07, 6.45) is 8.91. The van der Waals surface area contributed by atoms with E-state index in [4.69, 9.17) is 4.74 Å². The van der Waals surface area contributed by atoms with Crippen molar-refractivity contribution in [1.29, 1.82) is 0 Å². The van der Waals surface area contributed by atoms with Gasteiger partial charge in [-0.15, -0.1) is 0 Å². The summed E-state index contributed by atoms with van der Waals surface area (Å²) < 4.78 is 5.31. The molecule has 0 radical (unpaired) electrons. The number of ether oxygens (including phenoxy) is 1. The van der Waals surface area contributed by atoms with Crippen molar-refractivity contribution >= 4 is 17.4 Å².